The van der Waals surface area contributed by atoms with Crippen molar-refractivity contribution in [3.05, 3.63) is 29.8 Å². The number of halogens is 1. The van der Waals surface area contributed by atoms with Crippen LogP contribution in [0.2, 0.25) is 0 Å². The number of aromatic nitrogens is 1. The Kier molecular flexibility index (Phi) is 4.67. The van der Waals surface area contributed by atoms with E-state index in [1.807, 2.05) is 0 Å². The van der Waals surface area contributed by atoms with Crippen molar-refractivity contribution in [2.75, 3.05) is 0 Å². The Morgan fingerprint density at radius 1 is 1.17 bits per heavy atom. The molecule has 0 aromatic carbocycles. The van der Waals surface area contributed by atoms with Crippen LogP contribution in [0.5, 0.6) is 0 Å². The highest BCUT2D eigenvalue weighted by Crippen LogP contribution is 2.17. The average Bonchev–Trinajstić information content (AvgIpc) is 2.32. The topological polar surface area (TPSA) is 42.0 Å². The fourth-order valence-corrected chi connectivity index (χ4v) is 2.39. The maximum absolute atomic E-state index is 12.9. The number of amides is 1. The van der Waals surface area contributed by atoms with Crippen LogP contribution in [0.4, 0.5) is 4.39 Å². The lowest BCUT2D eigenvalue weighted by molar-refractivity contribution is 0.0924. The first-order valence-electron chi connectivity index (χ1n) is 6.69. The van der Waals surface area contributed by atoms with E-state index in [0.29, 0.717) is 0 Å². The fourth-order valence-electron chi connectivity index (χ4n) is 2.39. The van der Waals surface area contributed by atoms with E-state index >= 15 is 0 Å². The van der Waals surface area contributed by atoms with Crippen molar-refractivity contribution >= 4 is 5.91 Å². The lowest BCUT2D eigenvalue weighted by Gasteiger charge is -2.20. The molecule has 0 aliphatic heterocycles. The molecule has 1 fully saturated rings. The van der Waals surface area contributed by atoms with Gasteiger partial charge in [0.2, 0.25) is 5.95 Å². The Labute approximate surface area is 107 Å². The van der Waals surface area contributed by atoms with Crippen molar-refractivity contribution in [1.29, 1.82) is 0 Å². The molecule has 2 rings (SSSR count). The van der Waals surface area contributed by atoms with Gasteiger partial charge in [-0.15, -0.1) is 0 Å². The summed E-state index contributed by atoms with van der Waals surface area (Å²) in [5.74, 6) is -0.875. The minimum atomic E-state index is -0.611. The van der Waals surface area contributed by atoms with Gasteiger partial charge in [0.25, 0.3) is 5.91 Å². The Morgan fingerprint density at radius 3 is 2.50 bits per heavy atom. The zero-order valence-electron chi connectivity index (χ0n) is 10.5. The van der Waals surface area contributed by atoms with Crippen molar-refractivity contribution in [1.82, 2.24) is 10.3 Å². The lowest BCUT2D eigenvalue weighted by Crippen LogP contribution is -2.35. The van der Waals surface area contributed by atoms with Gasteiger partial charge in [0, 0.05) is 6.04 Å². The first-order chi connectivity index (χ1) is 8.75. The highest BCUT2D eigenvalue weighted by Gasteiger charge is 2.16. The number of rotatable bonds is 2. The minimum absolute atomic E-state index is 0.164. The van der Waals surface area contributed by atoms with E-state index in [9.17, 15) is 9.18 Å². The Hall–Kier alpha value is -1.45. The molecule has 0 spiro atoms. The zero-order valence-corrected chi connectivity index (χ0v) is 10.5. The van der Waals surface area contributed by atoms with Gasteiger partial charge in [-0.2, -0.15) is 4.39 Å². The first kappa shape index (κ1) is 13.0. The smallest absolute Gasteiger partial charge is 0.270 e. The molecule has 1 aromatic rings. The van der Waals surface area contributed by atoms with Crippen LogP contribution in [0.3, 0.4) is 0 Å². The third-order valence-electron chi connectivity index (χ3n) is 3.39. The fraction of sp³-hybridized carbons (Fsp3) is 0.571. The molecule has 1 saturated carbocycles. The van der Waals surface area contributed by atoms with Crippen LogP contribution in [0.25, 0.3) is 0 Å². The summed E-state index contributed by atoms with van der Waals surface area (Å²) >= 11 is 0. The standard InChI is InChI=1S/C14H19FN2O/c15-13-10-6-9-12(17-13)14(18)16-11-7-4-2-1-3-5-8-11/h6,9-11H,1-5,7-8H2,(H,16,18). The number of carbonyl (C=O) groups is 1. The number of nitrogens with one attached hydrogen (secondary N) is 1. The van der Waals surface area contributed by atoms with Crippen molar-refractivity contribution in [2.24, 2.45) is 0 Å². The zero-order chi connectivity index (χ0) is 12.8. The quantitative estimate of drug-likeness (QED) is 0.820. The summed E-state index contributed by atoms with van der Waals surface area (Å²) in [6.07, 6.45) is 8.12. The van der Waals surface area contributed by atoms with E-state index in [-0.39, 0.29) is 17.6 Å². The van der Waals surface area contributed by atoms with Crippen LogP contribution in [-0.2, 0) is 0 Å². The molecule has 98 valence electrons. The third kappa shape index (κ3) is 3.79. The van der Waals surface area contributed by atoms with E-state index in [0.717, 1.165) is 25.7 Å². The Balaban J connectivity index is 1.93. The first-order valence-corrected chi connectivity index (χ1v) is 6.69. The van der Waals surface area contributed by atoms with E-state index < -0.39 is 5.95 Å². The van der Waals surface area contributed by atoms with Crippen molar-refractivity contribution in [3.63, 3.8) is 0 Å². The van der Waals surface area contributed by atoms with Crippen molar-refractivity contribution in [2.45, 2.75) is 51.0 Å². The van der Waals surface area contributed by atoms with Gasteiger partial charge in [-0.1, -0.05) is 38.2 Å². The van der Waals surface area contributed by atoms with Crippen molar-refractivity contribution < 1.29 is 9.18 Å². The molecule has 1 aliphatic carbocycles. The SMILES string of the molecule is O=C(NC1CCCCCCC1)c1cccc(F)n1. The summed E-state index contributed by atoms with van der Waals surface area (Å²) in [4.78, 5) is 15.5. The van der Waals surface area contributed by atoms with Gasteiger partial charge in [0.1, 0.15) is 5.69 Å². The Bertz CT molecular complexity index is 401. The molecule has 0 bridgehead atoms. The molecule has 1 N–H and O–H groups in total. The molecule has 0 atom stereocenters. The number of hydrogen-bond donors (Lipinski definition) is 1. The van der Waals surface area contributed by atoms with Gasteiger partial charge in [0.05, 0.1) is 0 Å². The molecular weight excluding hydrogens is 231 g/mol. The summed E-state index contributed by atoms with van der Waals surface area (Å²) in [6.45, 7) is 0. The lowest BCUT2D eigenvalue weighted by atomic mass is 9.96. The van der Waals surface area contributed by atoms with Gasteiger partial charge in [0.15, 0.2) is 0 Å². The molecule has 4 heteroatoms. The molecule has 1 heterocycles. The van der Waals surface area contributed by atoms with E-state index in [4.69, 9.17) is 0 Å². The van der Waals surface area contributed by atoms with Gasteiger partial charge < -0.3 is 5.32 Å². The normalized spacial score (nSPS) is 17.8. The van der Waals surface area contributed by atoms with E-state index in [1.165, 1.54) is 31.4 Å². The largest absolute Gasteiger partial charge is 0.348 e. The molecule has 0 radical (unpaired) electrons. The molecule has 18 heavy (non-hydrogen) atoms. The maximum Gasteiger partial charge on any atom is 0.270 e. The molecule has 1 amide bonds. The van der Waals surface area contributed by atoms with Crippen molar-refractivity contribution in [3.8, 4) is 0 Å². The van der Waals surface area contributed by atoms with E-state index in [2.05, 4.69) is 10.3 Å². The van der Waals surface area contributed by atoms with Gasteiger partial charge in [-0.3, -0.25) is 4.79 Å². The average molecular weight is 250 g/mol. The number of carbonyl (C=O) groups excluding carboxylic acids is 1. The summed E-state index contributed by atoms with van der Waals surface area (Å²) in [5, 5.41) is 2.96. The highest BCUT2D eigenvalue weighted by molar-refractivity contribution is 5.92. The maximum atomic E-state index is 12.9. The van der Waals surface area contributed by atoms with Crippen LogP contribution < -0.4 is 5.32 Å². The molecular formula is C14H19FN2O. The second-order valence-electron chi connectivity index (χ2n) is 4.86. The van der Waals surface area contributed by atoms with Crippen LogP contribution in [-0.4, -0.2) is 16.9 Å². The predicted octanol–water partition coefficient (Wildman–Crippen LogP) is 3.06. The second-order valence-corrected chi connectivity index (χ2v) is 4.86. The van der Waals surface area contributed by atoms with E-state index in [1.54, 1.807) is 6.07 Å². The molecule has 0 unspecified atom stereocenters. The Morgan fingerprint density at radius 2 is 1.83 bits per heavy atom. The number of pyridine rings is 1. The van der Waals surface area contributed by atoms with Crippen LogP contribution in [0.15, 0.2) is 18.2 Å². The summed E-state index contributed by atoms with van der Waals surface area (Å²) < 4.78 is 12.9. The molecule has 1 aromatic heterocycles. The molecule has 3 nitrogen and oxygen atoms in total. The van der Waals surface area contributed by atoms with Gasteiger partial charge >= 0.3 is 0 Å². The second kappa shape index (κ2) is 6.47. The van der Waals surface area contributed by atoms with Gasteiger partial charge in [-0.05, 0) is 25.0 Å². The summed E-state index contributed by atoms with van der Waals surface area (Å²) in [5.41, 5.74) is 0.164. The van der Waals surface area contributed by atoms with Crippen LogP contribution >= 0.6 is 0 Å². The summed E-state index contributed by atoms with van der Waals surface area (Å²) in [6, 6.07) is 4.51. The van der Waals surface area contributed by atoms with Gasteiger partial charge in [-0.25, -0.2) is 4.98 Å². The predicted molar refractivity (Wildman–Crippen MR) is 67.8 cm³/mol. The number of nitrogens with zero attached hydrogens (tertiary/aromatic N) is 1. The van der Waals surface area contributed by atoms with Crippen LogP contribution in [0, 0.1) is 5.95 Å². The number of hydrogen-bond acceptors (Lipinski definition) is 2. The minimum Gasteiger partial charge on any atom is -0.348 e. The third-order valence-corrected chi connectivity index (χ3v) is 3.39. The summed E-state index contributed by atoms with van der Waals surface area (Å²) in [7, 11) is 0. The monoisotopic (exact) mass is 250 g/mol. The highest BCUT2D eigenvalue weighted by atomic mass is 19.1. The van der Waals surface area contributed by atoms with Crippen LogP contribution in [0.1, 0.15) is 55.4 Å². The molecule has 1 aliphatic rings. The molecule has 0 saturated heterocycles.